The molecule has 21 heavy (non-hydrogen) atoms. The van der Waals surface area contributed by atoms with Crippen molar-refractivity contribution in [1.29, 1.82) is 0 Å². The SMILES string of the molecule is CC(C)C(C)(CC(=O)O)NC(=O)CCCc1ccc(Br)s1. The molecule has 0 spiro atoms. The van der Waals surface area contributed by atoms with Crippen LogP contribution in [-0.4, -0.2) is 22.5 Å². The van der Waals surface area contributed by atoms with E-state index in [2.05, 4.69) is 27.3 Å². The predicted molar refractivity (Wildman–Crippen MR) is 88.6 cm³/mol. The molecule has 1 amide bonds. The van der Waals surface area contributed by atoms with Crippen LogP contribution in [0, 0.1) is 5.92 Å². The van der Waals surface area contributed by atoms with Crippen molar-refractivity contribution in [2.45, 2.75) is 52.0 Å². The summed E-state index contributed by atoms with van der Waals surface area (Å²) in [4.78, 5) is 24.2. The van der Waals surface area contributed by atoms with Gasteiger partial charge in [0.05, 0.1) is 10.2 Å². The molecule has 1 atom stereocenters. The average Bonchev–Trinajstić information content (AvgIpc) is 2.73. The fraction of sp³-hybridized carbons (Fsp3) is 0.600. The molecule has 0 aromatic carbocycles. The zero-order valence-electron chi connectivity index (χ0n) is 12.6. The van der Waals surface area contributed by atoms with Gasteiger partial charge in [-0.3, -0.25) is 9.59 Å². The Morgan fingerprint density at radius 2 is 2.10 bits per heavy atom. The number of hydrogen-bond donors (Lipinski definition) is 2. The largest absolute Gasteiger partial charge is 0.481 e. The van der Waals surface area contributed by atoms with Crippen LogP contribution in [0.5, 0.6) is 0 Å². The van der Waals surface area contributed by atoms with Crippen LogP contribution in [0.4, 0.5) is 0 Å². The Hall–Kier alpha value is -0.880. The monoisotopic (exact) mass is 375 g/mol. The minimum absolute atomic E-state index is 0.0609. The lowest BCUT2D eigenvalue weighted by molar-refractivity contribution is -0.139. The van der Waals surface area contributed by atoms with Crippen molar-refractivity contribution in [3.05, 3.63) is 20.8 Å². The second-order valence-electron chi connectivity index (χ2n) is 5.75. The van der Waals surface area contributed by atoms with E-state index in [1.165, 1.54) is 4.88 Å². The molecule has 0 aliphatic heterocycles. The third kappa shape index (κ3) is 6.18. The smallest absolute Gasteiger partial charge is 0.305 e. The number of aliphatic carboxylic acids is 1. The number of halogens is 1. The van der Waals surface area contributed by atoms with Crippen LogP contribution in [-0.2, 0) is 16.0 Å². The predicted octanol–water partition coefficient (Wildman–Crippen LogP) is 3.84. The Balaban J connectivity index is 2.45. The lowest BCUT2D eigenvalue weighted by Gasteiger charge is -2.33. The van der Waals surface area contributed by atoms with Gasteiger partial charge in [0.2, 0.25) is 5.91 Å². The van der Waals surface area contributed by atoms with Crippen molar-refractivity contribution in [3.63, 3.8) is 0 Å². The van der Waals surface area contributed by atoms with Crippen molar-refractivity contribution in [2.24, 2.45) is 5.92 Å². The quantitative estimate of drug-likeness (QED) is 0.725. The van der Waals surface area contributed by atoms with Gasteiger partial charge in [-0.2, -0.15) is 0 Å². The number of carboxylic acids is 1. The molecule has 0 saturated heterocycles. The Morgan fingerprint density at radius 3 is 2.57 bits per heavy atom. The minimum Gasteiger partial charge on any atom is -0.481 e. The number of carboxylic acid groups (broad SMARTS) is 1. The second kappa shape index (κ2) is 7.94. The maximum absolute atomic E-state index is 12.0. The van der Waals surface area contributed by atoms with Crippen molar-refractivity contribution in [3.8, 4) is 0 Å². The molecule has 1 rings (SSSR count). The standard InChI is InChI=1S/C15H22BrNO3S/c1-10(2)15(3,9-14(19)20)17-13(18)6-4-5-11-7-8-12(16)21-11/h7-8,10H,4-6,9H2,1-3H3,(H,17,18)(H,19,20). The van der Waals surface area contributed by atoms with E-state index in [9.17, 15) is 9.59 Å². The molecule has 0 saturated carbocycles. The zero-order chi connectivity index (χ0) is 16.0. The normalized spacial score (nSPS) is 14.0. The summed E-state index contributed by atoms with van der Waals surface area (Å²) in [6.07, 6.45) is 1.98. The molecule has 1 aromatic rings. The average molecular weight is 376 g/mol. The molecule has 118 valence electrons. The lowest BCUT2D eigenvalue weighted by atomic mass is 9.85. The van der Waals surface area contributed by atoms with Crippen molar-refractivity contribution in [2.75, 3.05) is 0 Å². The van der Waals surface area contributed by atoms with E-state index < -0.39 is 11.5 Å². The Morgan fingerprint density at radius 1 is 1.43 bits per heavy atom. The lowest BCUT2D eigenvalue weighted by Crippen LogP contribution is -2.51. The van der Waals surface area contributed by atoms with Gasteiger partial charge in [-0.15, -0.1) is 11.3 Å². The minimum atomic E-state index is -0.894. The summed E-state index contributed by atoms with van der Waals surface area (Å²) in [5.74, 6) is -0.913. The number of rotatable bonds is 8. The van der Waals surface area contributed by atoms with Crippen LogP contribution in [0.1, 0.15) is 44.9 Å². The highest BCUT2D eigenvalue weighted by molar-refractivity contribution is 9.11. The summed E-state index contributed by atoms with van der Waals surface area (Å²) >= 11 is 5.09. The van der Waals surface area contributed by atoms with E-state index >= 15 is 0 Å². The van der Waals surface area contributed by atoms with Crippen LogP contribution >= 0.6 is 27.3 Å². The fourth-order valence-corrected chi connectivity index (χ4v) is 3.52. The molecule has 6 heteroatoms. The summed E-state index contributed by atoms with van der Waals surface area (Å²) < 4.78 is 1.09. The van der Waals surface area contributed by atoms with Gasteiger partial charge >= 0.3 is 5.97 Å². The second-order valence-corrected chi connectivity index (χ2v) is 8.30. The number of aryl methyl sites for hydroxylation is 1. The summed E-state index contributed by atoms with van der Waals surface area (Å²) in [5, 5.41) is 11.9. The molecular formula is C15H22BrNO3S. The molecule has 0 aliphatic carbocycles. The van der Waals surface area contributed by atoms with E-state index in [1.54, 1.807) is 18.3 Å². The first kappa shape index (κ1) is 18.2. The molecule has 0 bridgehead atoms. The van der Waals surface area contributed by atoms with Gasteiger partial charge < -0.3 is 10.4 Å². The fourth-order valence-electron chi connectivity index (χ4n) is 2.00. The van der Waals surface area contributed by atoms with Gasteiger partial charge in [0.15, 0.2) is 0 Å². The number of carbonyl (C=O) groups is 2. The summed E-state index contributed by atoms with van der Waals surface area (Å²) in [6.45, 7) is 5.64. The summed E-state index contributed by atoms with van der Waals surface area (Å²) in [5.41, 5.74) is -0.700. The molecule has 1 aromatic heterocycles. The van der Waals surface area contributed by atoms with Crippen LogP contribution in [0.15, 0.2) is 15.9 Å². The van der Waals surface area contributed by atoms with Crippen molar-refractivity contribution in [1.82, 2.24) is 5.32 Å². The first-order valence-corrected chi connectivity index (χ1v) is 8.61. The van der Waals surface area contributed by atoms with E-state index in [-0.39, 0.29) is 18.2 Å². The zero-order valence-corrected chi connectivity index (χ0v) is 15.0. The van der Waals surface area contributed by atoms with Gasteiger partial charge in [-0.05, 0) is 53.7 Å². The molecular weight excluding hydrogens is 354 g/mol. The van der Waals surface area contributed by atoms with E-state index in [1.807, 2.05) is 19.9 Å². The molecule has 0 radical (unpaired) electrons. The van der Waals surface area contributed by atoms with E-state index in [0.29, 0.717) is 6.42 Å². The molecule has 1 unspecified atom stereocenters. The number of carbonyl (C=O) groups excluding carboxylic acids is 1. The van der Waals surface area contributed by atoms with Crippen molar-refractivity contribution < 1.29 is 14.7 Å². The van der Waals surface area contributed by atoms with Gasteiger partial charge in [-0.1, -0.05) is 13.8 Å². The summed E-state index contributed by atoms with van der Waals surface area (Å²) in [7, 11) is 0. The first-order valence-electron chi connectivity index (χ1n) is 7.00. The van der Waals surface area contributed by atoms with Crippen molar-refractivity contribution >= 4 is 39.1 Å². The number of amides is 1. The summed E-state index contributed by atoms with van der Waals surface area (Å²) in [6, 6.07) is 4.05. The van der Waals surface area contributed by atoms with E-state index in [0.717, 1.165) is 16.6 Å². The van der Waals surface area contributed by atoms with Crippen LogP contribution in [0.3, 0.4) is 0 Å². The number of nitrogens with one attached hydrogen (secondary N) is 1. The molecule has 1 heterocycles. The van der Waals surface area contributed by atoms with Gasteiger partial charge in [0.25, 0.3) is 0 Å². The Labute approximate surface area is 138 Å². The highest BCUT2D eigenvalue weighted by Gasteiger charge is 2.32. The number of hydrogen-bond acceptors (Lipinski definition) is 3. The molecule has 4 nitrogen and oxygen atoms in total. The van der Waals surface area contributed by atoms with Crippen LogP contribution in [0.25, 0.3) is 0 Å². The van der Waals surface area contributed by atoms with Gasteiger partial charge in [0, 0.05) is 16.8 Å². The molecule has 0 aliphatic rings. The maximum atomic E-state index is 12.0. The van der Waals surface area contributed by atoms with Gasteiger partial charge in [-0.25, -0.2) is 0 Å². The Kier molecular flexibility index (Phi) is 6.87. The maximum Gasteiger partial charge on any atom is 0.305 e. The molecule has 2 N–H and O–H groups in total. The van der Waals surface area contributed by atoms with Crippen LogP contribution in [0.2, 0.25) is 0 Å². The highest BCUT2D eigenvalue weighted by Crippen LogP contribution is 2.24. The third-order valence-corrected chi connectivity index (χ3v) is 5.36. The van der Waals surface area contributed by atoms with Crippen LogP contribution < -0.4 is 5.32 Å². The molecule has 0 fully saturated rings. The number of thiophene rings is 1. The Bertz CT molecular complexity index is 501. The highest BCUT2D eigenvalue weighted by atomic mass is 79.9. The first-order chi connectivity index (χ1) is 9.73. The third-order valence-electron chi connectivity index (χ3n) is 3.67. The topological polar surface area (TPSA) is 66.4 Å². The van der Waals surface area contributed by atoms with E-state index in [4.69, 9.17) is 5.11 Å². The van der Waals surface area contributed by atoms with Gasteiger partial charge in [0.1, 0.15) is 0 Å².